The van der Waals surface area contributed by atoms with Crippen LogP contribution in [0.4, 0.5) is 0 Å². The fraction of sp³-hybridized carbons (Fsp3) is 0.640. The summed E-state index contributed by atoms with van der Waals surface area (Å²) in [6, 6.07) is 4.26. The molecule has 6 atom stereocenters. The molecule has 0 aromatic carbocycles. The topological polar surface area (TPSA) is 56.3 Å². The molecule has 0 amide bonds. The van der Waals surface area contributed by atoms with Gasteiger partial charge in [0.15, 0.2) is 0 Å². The molecule has 0 bridgehead atoms. The van der Waals surface area contributed by atoms with E-state index in [1.807, 2.05) is 18.5 Å². The highest BCUT2D eigenvalue weighted by atomic mass is 32.2. The Bertz CT molecular complexity index is 998. The van der Waals surface area contributed by atoms with Gasteiger partial charge in [0.1, 0.15) is 0 Å². The highest BCUT2D eigenvalue weighted by Crippen LogP contribution is 2.66. The molecule has 4 aliphatic rings. The number of rotatable bonds is 3. The van der Waals surface area contributed by atoms with Crippen molar-refractivity contribution in [2.75, 3.05) is 6.26 Å². The Kier molecular flexibility index (Phi) is 4.79. The van der Waals surface area contributed by atoms with E-state index in [1.165, 1.54) is 42.2 Å². The minimum Gasteiger partial charge on any atom is -0.267 e. The minimum absolute atomic E-state index is 0.185. The zero-order valence-electron chi connectivity index (χ0n) is 18.3. The third kappa shape index (κ3) is 3.20. The van der Waals surface area contributed by atoms with Crippen molar-refractivity contribution in [3.8, 4) is 0 Å². The largest absolute Gasteiger partial charge is 0.267 e. The van der Waals surface area contributed by atoms with Crippen LogP contribution in [0.15, 0.2) is 42.3 Å². The Morgan fingerprint density at radius 2 is 1.87 bits per heavy atom. The Labute approximate surface area is 180 Å². The Morgan fingerprint density at radius 3 is 2.60 bits per heavy atom. The Morgan fingerprint density at radius 1 is 1.07 bits per heavy atom. The van der Waals surface area contributed by atoms with Crippen molar-refractivity contribution in [3.63, 3.8) is 0 Å². The summed E-state index contributed by atoms with van der Waals surface area (Å²) in [6.07, 6.45) is 17.2. The fourth-order valence-corrected chi connectivity index (χ4v) is 8.15. The summed E-state index contributed by atoms with van der Waals surface area (Å²) in [7, 11) is -3.40. The van der Waals surface area contributed by atoms with Crippen LogP contribution in [0.2, 0.25) is 0 Å². The van der Waals surface area contributed by atoms with Crippen molar-refractivity contribution in [1.82, 2.24) is 4.98 Å². The maximum absolute atomic E-state index is 11.6. The number of aromatic nitrogens is 1. The van der Waals surface area contributed by atoms with Crippen molar-refractivity contribution >= 4 is 15.7 Å². The summed E-state index contributed by atoms with van der Waals surface area (Å²) >= 11 is 0. The molecule has 0 N–H and O–H groups in total. The van der Waals surface area contributed by atoms with Gasteiger partial charge >= 0.3 is 0 Å². The van der Waals surface area contributed by atoms with Crippen LogP contribution in [0.1, 0.15) is 64.4 Å². The van der Waals surface area contributed by atoms with Crippen LogP contribution in [0.25, 0.3) is 5.57 Å². The highest BCUT2D eigenvalue weighted by molar-refractivity contribution is 7.86. The molecule has 0 aliphatic heterocycles. The lowest BCUT2D eigenvalue weighted by atomic mass is 9.47. The van der Waals surface area contributed by atoms with Gasteiger partial charge in [-0.15, -0.1) is 0 Å². The number of hydrogen-bond acceptors (Lipinski definition) is 4. The van der Waals surface area contributed by atoms with Gasteiger partial charge in [-0.2, -0.15) is 8.42 Å². The first-order valence-corrected chi connectivity index (χ1v) is 13.2. The van der Waals surface area contributed by atoms with Crippen molar-refractivity contribution in [3.05, 3.63) is 47.8 Å². The maximum Gasteiger partial charge on any atom is 0.264 e. The van der Waals surface area contributed by atoms with Gasteiger partial charge in [0.2, 0.25) is 0 Å². The van der Waals surface area contributed by atoms with E-state index in [4.69, 9.17) is 4.18 Å². The second kappa shape index (κ2) is 7.03. The van der Waals surface area contributed by atoms with Crippen LogP contribution in [-0.2, 0) is 14.3 Å². The van der Waals surface area contributed by atoms with E-state index in [0.29, 0.717) is 17.8 Å². The zero-order valence-corrected chi connectivity index (χ0v) is 19.1. The van der Waals surface area contributed by atoms with Crippen molar-refractivity contribution < 1.29 is 12.6 Å². The van der Waals surface area contributed by atoms with Gasteiger partial charge in [-0.05, 0) is 90.7 Å². The van der Waals surface area contributed by atoms with E-state index < -0.39 is 10.1 Å². The summed E-state index contributed by atoms with van der Waals surface area (Å²) in [5.41, 5.74) is 4.67. The van der Waals surface area contributed by atoms with Gasteiger partial charge in [0.05, 0.1) is 12.4 Å². The molecule has 3 unspecified atom stereocenters. The molecule has 5 rings (SSSR count). The quantitative estimate of drug-likeness (QED) is 0.480. The Balaban J connectivity index is 1.40. The minimum atomic E-state index is -3.40. The second-order valence-corrected chi connectivity index (χ2v) is 12.1. The SMILES string of the molecule is C[C@]12CC[C@H](OS(C)(=O)=O)CC1=CCC1C2CC[C@]2(C)C(c3cccnc3)=CCC12. The van der Waals surface area contributed by atoms with E-state index in [1.54, 1.807) is 0 Å². The van der Waals surface area contributed by atoms with Crippen LogP contribution < -0.4 is 0 Å². The molecule has 0 radical (unpaired) electrons. The Hall–Kier alpha value is -1.46. The van der Waals surface area contributed by atoms with Crippen molar-refractivity contribution in [1.29, 1.82) is 0 Å². The van der Waals surface area contributed by atoms with Gasteiger partial charge in [0.25, 0.3) is 10.1 Å². The zero-order chi connectivity index (χ0) is 21.1. The molecule has 0 saturated heterocycles. The van der Waals surface area contributed by atoms with Gasteiger partial charge in [-0.3, -0.25) is 9.17 Å². The molecule has 5 heteroatoms. The summed E-state index contributed by atoms with van der Waals surface area (Å²) in [5, 5.41) is 0. The first-order chi connectivity index (χ1) is 14.2. The van der Waals surface area contributed by atoms with E-state index in [-0.39, 0.29) is 16.9 Å². The molecule has 2 fully saturated rings. The lowest BCUT2D eigenvalue weighted by Gasteiger charge is -2.57. The lowest BCUT2D eigenvalue weighted by molar-refractivity contribution is -0.0205. The molecule has 1 aromatic heterocycles. The third-order valence-electron chi connectivity index (χ3n) is 8.92. The predicted molar refractivity (Wildman–Crippen MR) is 119 cm³/mol. The average molecular weight is 428 g/mol. The van der Waals surface area contributed by atoms with Crippen LogP contribution >= 0.6 is 0 Å². The number of nitrogens with zero attached hydrogens (tertiary/aromatic N) is 1. The van der Waals surface area contributed by atoms with Crippen molar-refractivity contribution in [2.45, 2.75) is 64.9 Å². The molecule has 162 valence electrons. The number of pyridine rings is 1. The van der Waals surface area contributed by atoms with Crippen LogP contribution in [0.3, 0.4) is 0 Å². The molecule has 1 aromatic rings. The van der Waals surface area contributed by atoms with Crippen LogP contribution in [0, 0.1) is 28.6 Å². The maximum atomic E-state index is 11.6. The van der Waals surface area contributed by atoms with Crippen LogP contribution in [-0.4, -0.2) is 25.8 Å². The first kappa shape index (κ1) is 20.4. The van der Waals surface area contributed by atoms with E-state index in [2.05, 4.69) is 37.0 Å². The molecular weight excluding hydrogens is 394 g/mol. The van der Waals surface area contributed by atoms with E-state index in [9.17, 15) is 8.42 Å². The summed E-state index contributed by atoms with van der Waals surface area (Å²) in [6.45, 7) is 4.93. The first-order valence-electron chi connectivity index (χ1n) is 11.4. The monoisotopic (exact) mass is 427 g/mol. The molecular formula is C25H33NO3S. The summed E-state index contributed by atoms with van der Waals surface area (Å²) in [4.78, 5) is 4.37. The lowest BCUT2D eigenvalue weighted by Crippen LogP contribution is -2.50. The second-order valence-electron chi connectivity index (χ2n) is 10.5. The van der Waals surface area contributed by atoms with Gasteiger partial charge in [-0.25, -0.2) is 0 Å². The van der Waals surface area contributed by atoms with Gasteiger partial charge in [-0.1, -0.05) is 37.6 Å². The number of allylic oxidation sites excluding steroid dienone is 3. The summed E-state index contributed by atoms with van der Waals surface area (Å²) < 4.78 is 28.6. The number of hydrogen-bond donors (Lipinski definition) is 0. The molecule has 0 spiro atoms. The summed E-state index contributed by atoms with van der Waals surface area (Å²) in [5.74, 6) is 2.08. The highest BCUT2D eigenvalue weighted by Gasteiger charge is 2.57. The fourth-order valence-electron chi connectivity index (χ4n) is 7.49. The molecule has 4 nitrogen and oxygen atoms in total. The van der Waals surface area contributed by atoms with E-state index >= 15 is 0 Å². The molecule has 4 aliphatic carbocycles. The molecule has 2 saturated carbocycles. The van der Waals surface area contributed by atoms with Gasteiger partial charge in [0, 0.05) is 12.4 Å². The third-order valence-corrected chi connectivity index (χ3v) is 9.54. The number of fused-ring (bicyclic) bond motifs is 5. The van der Waals surface area contributed by atoms with E-state index in [0.717, 1.165) is 25.7 Å². The molecule has 30 heavy (non-hydrogen) atoms. The van der Waals surface area contributed by atoms with Crippen LogP contribution in [0.5, 0.6) is 0 Å². The average Bonchev–Trinajstić information content (AvgIpc) is 3.05. The predicted octanol–water partition coefficient (Wildman–Crippen LogP) is 5.38. The smallest absolute Gasteiger partial charge is 0.264 e. The van der Waals surface area contributed by atoms with Gasteiger partial charge < -0.3 is 0 Å². The standard InChI is InChI=1S/C25H33NO3S/c1-24-12-10-19(29-30(3,27)28)15-18(24)6-7-20-22-9-8-21(17-5-4-14-26-16-17)25(22,2)13-11-23(20)24/h4-6,8,14,16,19-20,22-23H,7,9-13,15H2,1-3H3/t19-,20?,22?,23?,24-,25+/m0/s1. The normalized spacial score (nSPS) is 40.6. The molecule has 1 heterocycles. The van der Waals surface area contributed by atoms with Crippen molar-refractivity contribution in [2.24, 2.45) is 28.6 Å².